The minimum Gasteiger partial charge on any atom is -0.342 e. The molecule has 7 nitrogen and oxygen atoms in total. The van der Waals surface area contributed by atoms with Crippen molar-refractivity contribution in [1.82, 2.24) is 20.1 Å². The van der Waals surface area contributed by atoms with Gasteiger partial charge in [0.1, 0.15) is 6.20 Å². The van der Waals surface area contributed by atoms with Gasteiger partial charge in [-0.1, -0.05) is 5.16 Å². The first kappa shape index (κ1) is 9.63. The fourth-order valence-electron chi connectivity index (χ4n) is 1.45. The molecule has 0 atom stereocenters. The third kappa shape index (κ3) is 1.95. The number of hydrogen-bond donors (Lipinski definition) is 0. The molecule has 1 aromatic rings. The molecule has 15 heavy (non-hydrogen) atoms. The van der Waals surface area contributed by atoms with Crippen LogP contribution in [0.1, 0.15) is 10.5 Å². The maximum Gasteiger partial charge on any atom is 0.277 e. The Kier molecular flexibility index (Phi) is 2.61. The van der Waals surface area contributed by atoms with Crippen LogP contribution in [0, 0.1) is 0 Å². The largest absolute Gasteiger partial charge is 0.342 e. The average Bonchev–Trinajstić information content (AvgIpc) is 2.82. The zero-order chi connectivity index (χ0) is 10.7. The Morgan fingerprint density at radius 3 is 2.67 bits per heavy atom. The molecule has 0 radical (unpaired) electrons. The number of nitrogens with zero attached hydrogens (tertiary/aromatic N) is 4. The maximum atomic E-state index is 11.7. The lowest BCUT2D eigenvalue weighted by molar-refractivity contribution is -0.119. The van der Waals surface area contributed by atoms with Gasteiger partial charge in [0.25, 0.3) is 5.91 Å². The smallest absolute Gasteiger partial charge is 0.277 e. The second-order valence-corrected chi connectivity index (χ2v) is 3.23. The monoisotopic (exact) mass is 210 g/mol. The Labute approximate surface area is 85.6 Å². The van der Waals surface area contributed by atoms with Crippen molar-refractivity contribution in [2.24, 2.45) is 0 Å². The predicted molar refractivity (Wildman–Crippen MR) is 47.8 cm³/mol. The van der Waals surface area contributed by atoms with Crippen LogP contribution in [0.2, 0.25) is 0 Å². The third-order valence-electron chi connectivity index (χ3n) is 2.33. The molecule has 2 heterocycles. The first-order valence-corrected chi connectivity index (χ1v) is 4.57. The Balaban J connectivity index is 1.96. The lowest BCUT2D eigenvalue weighted by Gasteiger charge is -2.31. The van der Waals surface area contributed by atoms with Gasteiger partial charge in [0.2, 0.25) is 6.41 Å². The van der Waals surface area contributed by atoms with E-state index < -0.39 is 0 Å². The number of amides is 2. The van der Waals surface area contributed by atoms with Gasteiger partial charge in [0.05, 0.1) is 0 Å². The summed E-state index contributed by atoms with van der Waals surface area (Å²) in [7, 11) is 0. The third-order valence-corrected chi connectivity index (χ3v) is 2.33. The van der Waals surface area contributed by atoms with Crippen LogP contribution in [0.25, 0.3) is 0 Å². The first-order valence-electron chi connectivity index (χ1n) is 4.57. The summed E-state index contributed by atoms with van der Waals surface area (Å²) in [5, 5.41) is 6.84. The van der Waals surface area contributed by atoms with Crippen molar-refractivity contribution in [3.05, 3.63) is 11.9 Å². The van der Waals surface area contributed by atoms with Crippen LogP contribution in [0.3, 0.4) is 0 Å². The molecule has 1 saturated heterocycles. The van der Waals surface area contributed by atoms with Crippen molar-refractivity contribution < 1.29 is 14.2 Å². The highest BCUT2D eigenvalue weighted by atomic mass is 16.6. The number of hydrogen-bond acceptors (Lipinski definition) is 5. The summed E-state index contributed by atoms with van der Waals surface area (Å²) in [6.45, 7) is 2.15. The zero-order valence-corrected chi connectivity index (χ0v) is 8.00. The van der Waals surface area contributed by atoms with Gasteiger partial charge in [-0.15, -0.1) is 0 Å². The molecule has 2 rings (SSSR count). The Hall–Kier alpha value is -1.92. The van der Waals surface area contributed by atoms with E-state index in [0.29, 0.717) is 26.2 Å². The van der Waals surface area contributed by atoms with E-state index in [1.165, 1.54) is 6.20 Å². The lowest BCUT2D eigenvalue weighted by atomic mass is 10.3. The van der Waals surface area contributed by atoms with Crippen LogP contribution >= 0.6 is 0 Å². The van der Waals surface area contributed by atoms with Gasteiger partial charge in [-0.2, -0.15) is 0 Å². The Morgan fingerprint density at radius 2 is 2.13 bits per heavy atom. The first-order chi connectivity index (χ1) is 7.31. The topological polar surface area (TPSA) is 79.5 Å². The highest BCUT2D eigenvalue weighted by Gasteiger charge is 2.23. The fraction of sp³-hybridized carbons (Fsp3) is 0.500. The van der Waals surface area contributed by atoms with E-state index in [2.05, 4.69) is 14.9 Å². The van der Waals surface area contributed by atoms with E-state index >= 15 is 0 Å². The fourth-order valence-corrected chi connectivity index (χ4v) is 1.45. The second-order valence-electron chi connectivity index (χ2n) is 3.23. The summed E-state index contributed by atoms with van der Waals surface area (Å²) >= 11 is 0. The van der Waals surface area contributed by atoms with E-state index in [-0.39, 0.29) is 11.6 Å². The van der Waals surface area contributed by atoms with Gasteiger partial charge in [0, 0.05) is 26.2 Å². The van der Waals surface area contributed by atoms with Crippen LogP contribution in [-0.2, 0) is 4.79 Å². The minimum absolute atomic E-state index is 0.203. The van der Waals surface area contributed by atoms with Crippen molar-refractivity contribution in [1.29, 1.82) is 0 Å². The van der Waals surface area contributed by atoms with Gasteiger partial charge in [-0.25, -0.2) is 4.63 Å². The average molecular weight is 210 g/mol. The van der Waals surface area contributed by atoms with Crippen LogP contribution in [0.15, 0.2) is 10.8 Å². The van der Waals surface area contributed by atoms with Crippen molar-refractivity contribution >= 4 is 12.3 Å². The van der Waals surface area contributed by atoms with E-state index in [1.54, 1.807) is 9.80 Å². The summed E-state index contributed by atoms with van der Waals surface area (Å²) in [4.78, 5) is 25.4. The molecule has 0 aromatic carbocycles. The molecule has 7 heteroatoms. The molecule has 0 N–H and O–H groups in total. The minimum atomic E-state index is -0.207. The highest BCUT2D eigenvalue weighted by Crippen LogP contribution is 2.04. The van der Waals surface area contributed by atoms with Crippen molar-refractivity contribution in [3.8, 4) is 0 Å². The van der Waals surface area contributed by atoms with Crippen molar-refractivity contribution in [3.63, 3.8) is 0 Å². The summed E-state index contributed by atoms with van der Waals surface area (Å²) in [5.74, 6) is -0.207. The number of carbonyl (C=O) groups is 2. The molecule has 0 bridgehead atoms. The summed E-state index contributed by atoms with van der Waals surface area (Å²) < 4.78 is 4.35. The molecule has 1 aliphatic heterocycles. The number of carbonyl (C=O) groups excluding carboxylic acids is 2. The molecule has 0 saturated carbocycles. The molecule has 1 aliphatic rings. The molecule has 80 valence electrons. The van der Waals surface area contributed by atoms with Gasteiger partial charge in [0.15, 0.2) is 5.69 Å². The van der Waals surface area contributed by atoms with Gasteiger partial charge in [-0.3, -0.25) is 9.59 Å². The van der Waals surface area contributed by atoms with E-state index in [1.807, 2.05) is 0 Å². The Bertz CT molecular complexity index is 343. The van der Waals surface area contributed by atoms with E-state index in [0.717, 1.165) is 6.41 Å². The zero-order valence-electron chi connectivity index (χ0n) is 8.00. The van der Waals surface area contributed by atoms with Crippen LogP contribution in [-0.4, -0.2) is 58.6 Å². The molecule has 0 aliphatic carbocycles. The maximum absolute atomic E-state index is 11.7. The van der Waals surface area contributed by atoms with E-state index in [9.17, 15) is 9.59 Å². The van der Waals surface area contributed by atoms with Crippen molar-refractivity contribution in [2.45, 2.75) is 0 Å². The van der Waals surface area contributed by atoms with Crippen LogP contribution in [0.5, 0.6) is 0 Å². The summed E-state index contributed by atoms with van der Waals surface area (Å²) in [5.41, 5.74) is 0.203. The molecule has 1 fully saturated rings. The normalized spacial score (nSPS) is 16.5. The predicted octanol–water partition coefficient (Wildman–Crippen LogP) is -1.02. The van der Waals surface area contributed by atoms with Gasteiger partial charge >= 0.3 is 0 Å². The number of rotatable bonds is 2. The number of piperazine rings is 1. The standard InChI is InChI=1S/C8H10N4O3/c13-6-11-1-3-12(4-2-11)8(14)7-5-9-15-10-7/h5-6H,1-4H2. The van der Waals surface area contributed by atoms with Gasteiger partial charge in [-0.05, 0) is 5.16 Å². The quantitative estimate of drug-likeness (QED) is 0.584. The van der Waals surface area contributed by atoms with Gasteiger partial charge < -0.3 is 9.80 Å². The summed E-state index contributed by atoms with van der Waals surface area (Å²) in [6.07, 6.45) is 2.08. The molecule has 1 aromatic heterocycles. The molecular formula is C8H10N4O3. The van der Waals surface area contributed by atoms with E-state index in [4.69, 9.17) is 0 Å². The SMILES string of the molecule is O=CN1CCN(C(=O)c2cnon2)CC1. The lowest BCUT2D eigenvalue weighted by Crippen LogP contribution is -2.48. The number of aromatic nitrogens is 2. The van der Waals surface area contributed by atoms with Crippen LogP contribution < -0.4 is 0 Å². The van der Waals surface area contributed by atoms with Crippen molar-refractivity contribution in [2.75, 3.05) is 26.2 Å². The molecular weight excluding hydrogens is 200 g/mol. The highest BCUT2D eigenvalue weighted by molar-refractivity contribution is 5.91. The second kappa shape index (κ2) is 4.07. The molecule has 2 amide bonds. The molecule has 0 spiro atoms. The molecule has 0 unspecified atom stereocenters. The summed E-state index contributed by atoms with van der Waals surface area (Å²) in [6, 6.07) is 0. The Morgan fingerprint density at radius 1 is 1.40 bits per heavy atom. The van der Waals surface area contributed by atoms with Crippen LogP contribution in [0.4, 0.5) is 0 Å².